The number of hydrogen-bond donors (Lipinski definition) is 3. The predicted octanol–water partition coefficient (Wildman–Crippen LogP) is 2.74. The molecule has 0 saturated heterocycles. The minimum Gasteiger partial charge on any atom is -0.479 e. The highest BCUT2D eigenvalue weighted by atomic mass is 16.5. The molecule has 0 unspecified atom stereocenters. The summed E-state index contributed by atoms with van der Waals surface area (Å²) in [6.07, 6.45) is 3.47. The highest BCUT2D eigenvalue weighted by Gasteiger charge is 2.18. The average Bonchev–Trinajstić information content (AvgIpc) is 2.73. The van der Waals surface area contributed by atoms with Gasteiger partial charge in [-0.15, -0.1) is 6.42 Å². The summed E-state index contributed by atoms with van der Waals surface area (Å²) in [5.74, 6) is 1.15. The van der Waals surface area contributed by atoms with Gasteiger partial charge in [0.25, 0.3) is 0 Å². The van der Waals surface area contributed by atoms with Crippen molar-refractivity contribution in [3.8, 4) is 30.2 Å². The smallest absolute Gasteiger partial charge is 0.409 e. The number of carbonyl (C=O) groups is 3. The first-order chi connectivity index (χ1) is 14.4. The summed E-state index contributed by atoms with van der Waals surface area (Å²) in [6, 6.07) is 12.2. The third-order valence-electron chi connectivity index (χ3n) is 3.71. The quantitative estimate of drug-likeness (QED) is 0.366. The fourth-order valence-corrected chi connectivity index (χ4v) is 2.47. The molecule has 0 bridgehead atoms. The van der Waals surface area contributed by atoms with Crippen LogP contribution in [0.5, 0.6) is 5.75 Å². The molecule has 0 atom stereocenters. The van der Waals surface area contributed by atoms with Crippen LogP contribution in [0.3, 0.4) is 0 Å². The van der Waals surface area contributed by atoms with Crippen LogP contribution in [0, 0.1) is 35.0 Å². The van der Waals surface area contributed by atoms with E-state index in [0.717, 1.165) is 0 Å². The monoisotopic (exact) mass is 402 g/mol. The lowest BCUT2D eigenvalue weighted by Crippen LogP contribution is -2.19. The number of Topliss-reactive ketones (excluding diaryl/α,β-unsaturated/α-hetero) is 1. The Labute approximate surface area is 171 Å². The maximum atomic E-state index is 12.4. The molecule has 148 valence electrons. The molecule has 9 nitrogen and oxygen atoms in total. The zero-order valence-corrected chi connectivity index (χ0v) is 15.4. The summed E-state index contributed by atoms with van der Waals surface area (Å²) in [5, 5.41) is 31.1. The Kier molecular flexibility index (Phi) is 7.11. The van der Waals surface area contributed by atoms with Gasteiger partial charge in [0.15, 0.2) is 12.4 Å². The number of nitrogens with zero attached hydrogens (tertiary/aromatic N) is 2. The number of anilines is 2. The zero-order chi connectivity index (χ0) is 22.1. The van der Waals surface area contributed by atoms with E-state index in [1.807, 2.05) is 6.07 Å². The Bertz CT molecular complexity index is 1140. The number of amides is 2. The van der Waals surface area contributed by atoms with Crippen molar-refractivity contribution in [1.82, 2.24) is 0 Å². The molecule has 0 aliphatic carbocycles. The SMILES string of the molecule is C#Cc1cc(OCC#N)cc(NC(=O)O)c1NC(=O)CC(=O)c1cccc(C#N)c1. The molecule has 0 saturated carbocycles. The lowest BCUT2D eigenvalue weighted by molar-refractivity contribution is -0.115. The standard InChI is InChI=1S/C21H14N4O5/c1-2-14-9-16(30-7-6-22)10-17(24-21(28)29)20(14)25-19(27)11-18(26)15-5-3-4-13(8-15)12-23/h1,3-5,8-10,24H,7,11H2,(H,25,27)(H,28,29). The summed E-state index contributed by atoms with van der Waals surface area (Å²) in [7, 11) is 0. The average molecular weight is 402 g/mol. The number of nitrogens with one attached hydrogen (secondary N) is 2. The largest absolute Gasteiger partial charge is 0.479 e. The predicted molar refractivity (Wildman–Crippen MR) is 106 cm³/mol. The van der Waals surface area contributed by atoms with Crippen LogP contribution in [-0.2, 0) is 4.79 Å². The number of ether oxygens (including phenoxy) is 1. The van der Waals surface area contributed by atoms with Crippen LogP contribution < -0.4 is 15.4 Å². The maximum Gasteiger partial charge on any atom is 0.409 e. The first-order valence-electron chi connectivity index (χ1n) is 8.35. The van der Waals surface area contributed by atoms with E-state index in [2.05, 4.69) is 16.6 Å². The van der Waals surface area contributed by atoms with E-state index in [1.54, 1.807) is 6.07 Å². The maximum absolute atomic E-state index is 12.4. The van der Waals surface area contributed by atoms with Gasteiger partial charge in [0, 0.05) is 11.6 Å². The van der Waals surface area contributed by atoms with Gasteiger partial charge in [0.2, 0.25) is 5.91 Å². The molecule has 0 aromatic heterocycles. The second-order valence-electron chi connectivity index (χ2n) is 5.76. The van der Waals surface area contributed by atoms with Gasteiger partial charge in [-0.2, -0.15) is 10.5 Å². The van der Waals surface area contributed by atoms with E-state index < -0.39 is 24.2 Å². The number of rotatable bonds is 7. The van der Waals surface area contributed by atoms with Crippen molar-refractivity contribution < 1.29 is 24.2 Å². The number of carbonyl (C=O) groups excluding carboxylic acids is 2. The van der Waals surface area contributed by atoms with Gasteiger partial charge < -0.3 is 15.2 Å². The summed E-state index contributed by atoms with van der Waals surface area (Å²) in [6.45, 7) is -0.293. The minimum atomic E-state index is -1.42. The third kappa shape index (κ3) is 5.59. The van der Waals surface area contributed by atoms with Gasteiger partial charge >= 0.3 is 6.09 Å². The summed E-state index contributed by atoms with van der Waals surface area (Å²) in [5.41, 5.74) is 0.426. The Balaban J connectivity index is 2.28. The van der Waals surface area contributed by atoms with Crippen LogP contribution >= 0.6 is 0 Å². The third-order valence-corrected chi connectivity index (χ3v) is 3.71. The van der Waals surface area contributed by atoms with Crippen LogP contribution in [0.2, 0.25) is 0 Å². The second kappa shape index (κ2) is 9.93. The van der Waals surface area contributed by atoms with Crippen molar-refractivity contribution in [2.45, 2.75) is 6.42 Å². The lowest BCUT2D eigenvalue weighted by Gasteiger charge is -2.15. The molecule has 2 aromatic rings. The van der Waals surface area contributed by atoms with Gasteiger partial charge in [-0.25, -0.2) is 4.79 Å². The van der Waals surface area contributed by atoms with E-state index in [9.17, 15) is 14.4 Å². The van der Waals surface area contributed by atoms with E-state index in [0.29, 0.717) is 0 Å². The van der Waals surface area contributed by atoms with Crippen molar-refractivity contribution in [1.29, 1.82) is 10.5 Å². The molecule has 0 aliphatic rings. The molecule has 2 aromatic carbocycles. The molecule has 0 fully saturated rings. The van der Waals surface area contributed by atoms with Gasteiger partial charge in [-0.1, -0.05) is 18.1 Å². The molecular weight excluding hydrogens is 388 g/mol. The van der Waals surface area contributed by atoms with E-state index in [1.165, 1.54) is 36.4 Å². The van der Waals surface area contributed by atoms with Gasteiger partial charge in [0.1, 0.15) is 11.8 Å². The van der Waals surface area contributed by atoms with E-state index >= 15 is 0 Å². The zero-order valence-electron chi connectivity index (χ0n) is 15.4. The Morgan fingerprint density at radius 2 is 1.90 bits per heavy atom. The number of hydrogen-bond acceptors (Lipinski definition) is 6. The molecule has 0 radical (unpaired) electrons. The fourth-order valence-electron chi connectivity index (χ4n) is 2.47. The number of carboxylic acid groups (broad SMARTS) is 1. The highest BCUT2D eigenvalue weighted by molar-refractivity contribution is 6.12. The number of benzene rings is 2. The number of terminal acetylenes is 1. The van der Waals surface area contributed by atoms with Crippen LogP contribution in [0.25, 0.3) is 0 Å². The van der Waals surface area contributed by atoms with Crippen molar-refractivity contribution in [2.75, 3.05) is 17.2 Å². The fraction of sp³-hybridized carbons (Fsp3) is 0.0952. The van der Waals surface area contributed by atoms with E-state index in [4.69, 9.17) is 26.8 Å². The van der Waals surface area contributed by atoms with E-state index in [-0.39, 0.29) is 40.4 Å². The Morgan fingerprint density at radius 3 is 2.53 bits per heavy atom. The van der Waals surface area contributed by atoms with Crippen molar-refractivity contribution >= 4 is 29.2 Å². The molecule has 3 N–H and O–H groups in total. The number of ketones is 1. The van der Waals surface area contributed by atoms with Crippen LogP contribution in [0.4, 0.5) is 16.2 Å². The summed E-state index contributed by atoms with van der Waals surface area (Å²) in [4.78, 5) is 35.8. The van der Waals surface area contributed by atoms with Gasteiger partial charge in [-0.05, 0) is 18.2 Å². The normalized spacial score (nSPS) is 9.37. The van der Waals surface area contributed by atoms with Gasteiger partial charge in [-0.3, -0.25) is 14.9 Å². The first kappa shape index (κ1) is 21.5. The second-order valence-corrected chi connectivity index (χ2v) is 5.76. The summed E-state index contributed by atoms with van der Waals surface area (Å²) < 4.78 is 5.14. The summed E-state index contributed by atoms with van der Waals surface area (Å²) >= 11 is 0. The highest BCUT2D eigenvalue weighted by Crippen LogP contribution is 2.32. The van der Waals surface area contributed by atoms with Crippen LogP contribution in [0.15, 0.2) is 36.4 Å². The molecule has 2 rings (SSSR count). The topological polar surface area (TPSA) is 152 Å². The van der Waals surface area contributed by atoms with Crippen LogP contribution in [-0.4, -0.2) is 29.5 Å². The molecule has 2 amide bonds. The molecule has 0 spiro atoms. The molecular formula is C21H14N4O5. The lowest BCUT2D eigenvalue weighted by atomic mass is 10.0. The molecule has 30 heavy (non-hydrogen) atoms. The van der Waals surface area contributed by atoms with Crippen LogP contribution in [0.1, 0.15) is 27.9 Å². The molecule has 9 heteroatoms. The first-order valence-corrected chi connectivity index (χ1v) is 8.35. The minimum absolute atomic E-state index is 0.0345. The Hall–Kier alpha value is -4.81. The van der Waals surface area contributed by atoms with Crippen molar-refractivity contribution in [3.63, 3.8) is 0 Å². The number of nitriles is 2. The van der Waals surface area contributed by atoms with Crippen molar-refractivity contribution in [3.05, 3.63) is 53.1 Å². The molecule has 0 aliphatic heterocycles. The van der Waals surface area contributed by atoms with Gasteiger partial charge in [0.05, 0.1) is 35.0 Å². The molecule has 0 heterocycles. The van der Waals surface area contributed by atoms with Crippen molar-refractivity contribution in [2.24, 2.45) is 0 Å². The Morgan fingerprint density at radius 1 is 1.13 bits per heavy atom.